The van der Waals surface area contributed by atoms with Gasteiger partial charge in [0, 0.05) is 36.8 Å². The van der Waals surface area contributed by atoms with Crippen molar-refractivity contribution in [2.75, 3.05) is 18.5 Å². The lowest BCUT2D eigenvalue weighted by atomic mass is 10.0. The van der Waals surface area contributed by atoms with Crippen LogP contribution in [-0.4, -0.2) is 29.8 Å². The molecule has 0 fully saturated rings. The van der Waals surface area contributed by atoms with Crippen molar-refractivity contribution in [1.82, 2.24) is 9.97 Å². The van der Waals surface area contributed by atoms with Crippen LogP contribution in [0.1, 0.15) is 37.6 Å². The van der Waals surface area contributed by atoms with Gasteiger partial charge in [0.1, 0.15) is 0 Å². The van der Waals surface area contributed by atoms with E-state index < -0.39 is 0 Å². The number of hydrogen-bond donors (Lipinski definition) is 0. The molecular formula is C26H30N4. The Morgan fingerprint density at radius 3 is 2.37 bits per heavy atom. The van der Waals surface area contributed by atoms with Gasteiger partial charge in [-0.1, -0.05) is 32.1 Å². The van der Waals surface area contributed by atoms with Crippen LogP contribution in [0.5, 0.6) is 0 Å². The van der Waals surface area contributed by atoms with Crippen molar-refractivity contribution in [3.63, 3.8) is 0 Å². The van der Waals surface area contributed by atoms with Gasteiger partial charge in [-0.05, 0) is 61.2 Å². The van der Waals surface area contributed by atoms with E-state index in [4.69, 9.17) is 4.98 Å². The summed E-state index contributed by atoms with van der Waals surface area (Å²) >= 11 is 0. The van der Waals surface area contributed by atoms with E-state index >= 15 is 0 Å². The van der Waals surface area contributed by atoms with Gasteiger partial charge in [-0.3, -0.25) is 9.98 Å². The lowest BCUT2D eigenvalue weighted by Crippen LogP contribution is -2.17. The van der Waals surface area contributed by atoms with Gasteiger partial charge in [-0.25, -0.2) is 4.98 Å². The third kappa shape index (κ3) is 4.65. The Labute approximate surface area is 179 Å². The topological polar surface area (TPSA) is 41.4 Å². The minimum absolute atomic E-state index is 0.720. The molecule has 154 valence electrons. The molecule has 0 radical (unpaired) electrons. The van der Waals surface area contributed by atoms with Crippen LogP contribution in [0.15, 0.2) is 66.3 Å². The molecule has 0 amide bonds. The number of hydrogen-bond acceptors (Lipinski definition) is 4. The summed E-state index contributed by atoms with van der Waals surface area (Å²) in [5, 5.41) is 0. The Morgan fingerprint density at radius 1 is 1.03 bits per heavy atom. The molecule has 4 heteroatoms. The molecule has 3 rings (SSSR count). The molecule has 0 aliphatic heterocycles. The highest BCUT2D eigenvalue weighted by Crippen LogP contribution is 2.30. The largest absolute Gasteiger partial charge is 0.338 e. The second-order valence-corrected chi connectivity index (χ2v) is 7.17. The lowest BCUT2D eigenvalue weighted by molar-refractivity contribution is 1.05. The highest BCUT2D eigenvalue weighted by atomic mass is 15.1. The first kappa shape index (κ1) is 21.4. The molecule has 3 aromatic rings. The molecule has 0 spiro atoms. The van der Waals surface area contributed by atoms with Crippen molar-refractivity contribution in [2.24, 2.45) is 4.99 Å². The van der Waals surface area contributed by atoms with Crippen molar-refractivity contribution in [3.8, 4) is 0 Å². The summed E-state index contributed by atoms with van der Waals surface area (Å²) in [6.07, 6.45) is 9.58. The van der Waals surface area contributed by atoms with Gasteiger partial charge >= 0.3 is 0 Å². The third-order valence-electron chi connectivity index (χ3n) is 5.19. The standard InChI is InChI=1S/C26H30N4/c1-6-12-30(23-14-19(7-2)13-20(8-3)15-23)22-10-11-24-25(16-22)29-26(18-28-24)21(9-4)17-27-5/h6,9-11,13-18H,1,7-8,12H2,2-5H3/b21-9+,27-17-. The van der Waals surface area contributed by atoms with Crippen LogP contribution in [0.25, 0.3) is 16.6 Å². The molecule has 0 aliphatic carbocycles. The van der Waals surface area contributed by atoms with Crippen molar-refractivity contribution >= 4 is 34.2 Å². The van der Waals surface area contributed by atoms with E-state index in [9.17, 15) is 0 Å². The Bertz CT molecular complexity index is 1070. The Hall–Kier alpha value is -3.27. The number of aryl methyl sites for hydroxylation is 2. The molecule has 0 bridgehead atoms. The SMILES string of the molecule is C=CCN(c1cc(CC)cc(CC)c1)c1ccc2ncc(C(/C=N\C)=C/C)nc2c1. The number of aliphatic imine (C=N–C) groups is 1. The molecule has 0 atom stereocenters. The Balaban J connectivity index is 2.11. The van der Waals surface area contributed by atoms with E-state index in [-0.39, 0.29) is 0 Å². The summed E-state index contributed by atoms with van der Waals surface area (Å²) in [5.74, 6) is 0. The van der Waals surface area contributed by atoms with Crippen LogP contribution in [0.2, 0.25) is 0 Å². The summed E-state index contributed by atoms with van der Waals surface area (Å²) < 4.78 is 0. The summed E-state index contributed by atoms with van der Waals surface area (Å²) in [6.45, 7) is 11.1. The van der Waals surface area contributed by atoms with Crippen molar-refractivity contribution < 1.29 is 0 Å². The molecule has 0 N–H and O–H groups in total. The maximum atomic E-state index is 4.85. The van der Waals surface area contributed by atoms with Crippen LogP contribution < -0.4 is 4.90 Å². The van der Waals surface area contributed by atoms with E-state index in [0.717, 1.165) is 47.4 Å². The average Bonchev–Trinajstić information content (AvgIpc) is 2.79. The number of aromatic nitrogens is 2. The average molecular weight is 399 g/mol. The molecule has 0 saturated carbocycles. The maximum absolute atomic E-state index is 4.85. The van der Waals surface area contributed by atoms with Crippen LogP contribution in [0, 0.1) is 0 Å². The van der Waals surface area contributed by atoms with E-state index in [0.29, 0.717) is 0 Å². The normalized spacial score (nSPS) is 11.9. The fourth-order valence-corrected chi connectivity index (χ4v) is 3.53. The first-order chi connectivity index (χ1) is 14.6. The van der Waals surface area contributed by atoms with Gasteiger partial charge in [0.2, 0.25) is 0 Å². The van der Waals surface area contributed by atoms with E-state index in [1.54, 1.807) is 13.2 Å². The van der Waals surface area contributed by atoms with Crippen molar-refractivity contribution in [2.45, 2.75) is 33.6 Å². The molecule has 1 aromatic heterocycles. The Kier molecular flexibility index (Phi) is 7.12. The number of benzene rings is 2. The quantitative estimate of drug-likeness (QED) is 0.336. The number of rotatable bonds is 8. The molecule has 1 heterocycles. The number of anilines is 2. The smallest absolute Gasteiger partial charge is 0.0915 e. The third-order valence-corrected chi connectivity index (χ3v) is 5.19. The first-order valence-corrected chi connectivity index (χ1v) is 10.5. The summed E-state index contributed by atoms with van der Waals surface area (Å²) in [4.78, 5) is 15.9. The zero-order chi connectivity index (χ0) is 21.5. The molecular weight excluding hydrogens is 368 g/mol. The number of nitrogens with zero attached hydrogens (tertiary/aromatic N) is 4. The number of fused-ring (bicyclic) bond motifs is 1. The first-order valence-electron chi connectivity index (χ1n) is 10.5. The maximum Gasteiger partial charge on any atom is 0.0915 e. The van der Waals surface area contributed by atoms with E-state index in [2.05, 4.69) is 65.6 Å². The molecule has 0 saturated heterocycles. The second-order valence-electron chi connectivity index (χ2n) is 7.17. The van der Waals surface area contributed by atoms with Crippen LogP contribution >= 0.6 is 0 Å². The minimum atomic E-state index is 0.720. The second kappa shape index (κ2) is 9.97. The van der Waals surface area contributed by atoms with Gasteiger partial charge in [0.15, 0.2) is 0 Å². The predicted octanol–water partition coefficient (Wildman–Crippen LogP) is 6.18. The fourth-order valence-electron chi connectivity index (χ4n) is 3.53. The van der Waals surface area contributed by atoms with Gasteiger partial charge in [0.05, 0.1) is 22.9 Å². The highest BCUT2D eigenvalue weighted by Gasteiger charge is 2.12. The minimum Gasteiger partial charge on any atom is -0.338 e. The molecule has 0 unspecified atom stereocenters. The predicted molar refractivity (Wildman–Crippen MR) is 130 cm³/mol. The van der Waals surface area contributed by atoms with Crippen LogP contribution in [-0.2, 0) is 12.8 Å². The lowest BCUT2D eigenvalue weighted by Gasteiger charge is -2.25. The van der Waals surface area contributed by atoms with Gasteiger partial charge in [-0.15, -0.1) is 6.58 Å². The van der Waals surface area contributed by atoms with Crippen molar-refractivity contribution in [3.05, 3.63) is 78.1 Å². The van der Waals surface area contributed by atoms with Gasteiger partial charge in [0.25, 0.3) is 0 Å². The Morgan fingerprint density at radius 2 is 1.77 bits per heavy atom. The van der Waals surface area contributed by atoms with Crippen molar-refractivity contribution in [1.29, 1.82) is 0 Å². The molecule has 30 heavy (non-hydrogen) atoms. The molecule has 4 nitrogen and oxygen atoms in total. The molecule has 2 aromatic carbocycles. The van der Waals surface area contributed by atoms with E-state index in [1.807, 2.05) is 31.4 Å². The van der Waals surface area contributed by atoms with Crippen LogP contribution in [0.4, 0.5) is 11.4 Å². The fraction of sp³-hybridized carbons (Fsp3) is 0.269. The summed E-state index contributed by atoms with van der Waals surface area (Å²) in [6, 6.07) is 13.1. The van der Waals surface area contributed by atoms with E-state index in [1.165, 1.54) is 16.8 Å². The van der Waals surface area contributed by atoms with Gasteiger partial charge in [-0.2, -0.15) is 0 Å². The highest BCUT2D eigenvalue weighted by molar-refractivity contribution is 6.09. The zero-order valence-electron chi connectivity index (χ0n) is 18.4. The number of allylic oxidation sites excluding steroid dienone is 2. The summed E-state index contributed by atoms with van der Waals surface area (Å²) in [7, 11) is 1.76. The van der Waals surface area contributed by atoms with Crippen LogP contribution in [0.3, 0.4) is 0 Å². The molecule has 0 aliphatic rings. The zero-order valence-corrected chi connectivity index (χ0v) is 18.4. The van der Waals surface area contributed by atoms with Gasteiger partial charge < -0.3 is 4.90 Å². The monoisotopic (exact) mass is 398 g/mol. The summed E-state index contributed by atoms with van der Waals surface area (Å²) in [5.41, 5.74) is 8.48.